The Morgan fingerprint density at radius 2 is 2.06 bits per heavy atom. The minimum absolute atomic E-state index is 0.0170. The Kier molecular flexibility index (Phi) is 11.0. The molecular formula is C12H26N2O4. The molecule has 0 aromatic rings. The molecule has 0 aliphatic rings. The summed E-state index contributed by atoms with van der Waals surface area (Å²) in [4.78, 5) is 11.3. The molecule has 0 rings (SSSR count). The molecule has 0 saturated heterocycles. The highest BCUT2D eigenvalue weighted by Crippen LogP contribution is 1.86. The smallest absolute Gasteiger partial charge is 0.221 e. The van der Waals surface area contributed by atoms with Crippen molar-refractivity contribution in [1.29, 1.82) is 0 Å². The lowest BCUT2D eigenvalue weighted by molar-refractivity contribution is -0.121. The van der Waals surface area contributed by atoms with E-state index in [4.69, 9.17) is 9.47 Å². The summed E-state index contributed by atoms with van der Waals surface area (Å²) in [5.74, 6) is 0.0170. The Morgan fingerprint density at radius 3 is 2.67 bits per heavy atom. The zero-order chi connectivity index (χ0) is 13.8. The van der Waals surface area contributed by atoms with E-state index in [2.05, 4.69) is 10.6 Å². The van der Waals surface area contributed by atoms with Crippen LogP contribution in [0.1, 0.15) is 20.3 Å². The number of carbonyl (C=O) groups excluding carboxylic acids is 1. The van der Waals surface area contributed by atoms with Crippen LogP contribution in [-0.4, -0.2) is 63.2 Å². The van der Waals surface area contributed by atoms with Crippen molar-refractivity contribution in [2.45, 2.75) is 32.4 Å². The summed E-state index contributed by atoms with van der Waals surface area (Å²) in [5.41, 5.74) is 0. The normalized spacial score (nSPS) is 12.7. The number of hydrogen-bond acceptors (Lipinski definition) is 5. The highest BCUT2D eigenvalue weighted by Gasteiger charge is 2.05. The first-order chi connectivity index (χ1) is 8.56. The summed E-state index contributed by atoms with van der Waals surface area (Å²) in [5, 5.41) is 15.3. The molecule has 18 heavy (non-hydrogen) atoms. The van der Waals surface area contributed by atoms with E-state index in [9.17, 15) is 9.90 Å². The molecule has 0 saturated carbocycles. The fourth-order valence-corrected chi connectivity index (χ4v) is 1.29. The predicted molar refractivity (Wildman–Crippen MR) is 69.5 cm³/mol. The number of hydrogen-bond donors (Lipinski definition) is 3. The summed E-state index contributed by atoms with van der Waals surface area (Å²) in [7, 11) is 1.60. The molecule has 0 spiro atoms. The maximum atomic E-state index is 11.3. The van der Waals surface area contributed by atoms with Gasteiger partial charge in [0.05, 0.1) is 25.9 Å². The van der Waals surface area contributed by atoms with Gasteiger partial charge in [-0.1, -0.05) is 0 Å². The third-order valence-corrected chi connectivity index (χ3v) is 2.10. The molecule has 3 N–H and O–H groups in total. The van der Waals surface area contributed by atoms with Crippen molar-refractivity contribution in [1.82, 2.24) is 10.6 Å². The molecule has 108 valence electrons. The standard InChI is InChI=1S/C12H26N2O4/c1-10(2)14-12(16)4-5-13-8-11(15)9-18-7-6-17-3/h10-11,13,15H,4-9H2,1-3H3,(H,14,16). The number of amides is 1. The Hall–Kier alpha value is -0.690. The van der Waals surface area contributed by atoms with Gasteiger partial charge in [-0.2, -0.15) is 0 Å². The topological polar surface area (TPSA) is 79.8 Å². The van der Waals surface area contributed by atoms with Crippen LogP contribution in [0.5, 0.6) is 0 Å². The Labute approximate surface area is 109 Å². The summed E-state index contributed by atoms with van der Waals surface area (Å²) >= 11 is 0. The van der Waals surface area contributed by atoms with Gasteiger partial charge in [0.15, 0.2) is 0 Å². The second-order valence-electron chi connectivity index (χ2n) is 4.40. The summed E-state index contributed by atoms with van der Waals surface area (Å²) < 4.78 is 9.99. The first-order valence-electron chi connectivity index (χ1n) is 6.31. The molecule has 0 radical (unpaired) electrons. The fraction of sp³-hybridized carbons (Fsp3) is 0.917. The first kappa shape index (κ1) is 17.3. The molecule has 0 aromatic heterocycles. The molecule has 6 nitrogen and oxygen atoms in total. The number of aliphatic hydroxyl groups is 1. The highest BCUT2D eigenvalue weighted by atomic mass is 16.5. The summed E-state index contributed by atoms with van der Waals surface area (Å²) in [6.45, 7) is 6.09. The minimum atomic E-state index is -0.560. The van der Waals surface area contributed by atoms with Crippen LogP contribution < -0.4 is 10.6 Å². The lowest BCUT2D eigenvalue weighted by Gasteiger charge is -2.12. The molecule has 0 bridgehead atoms. The predicted octanol–water partition coefficient (Wildman–Crippen LogP) is -0.485. The van der Waals surface area contributed by atoms with Gasteiger partial charge in [-0.25, -0.2) is 0 Å². The quantitative estimate of drug-likeness (QED) is 0.438. The number of methoxy groups -OCH3 is 1. The van der Waals surface area contributed by atoms with Crippen LogP contribution in [-0.2, 0) is 14.3 Å². The van der Waals surface area contributed by atoms with Crippen molar-refractivity contribution < 1.29 is 19.4 Å². The molecule has 1 unspecified atom stereocenters. The van der Waals surface area contributed by atoms with Crippen LogP contribution in [0.3, 0.4) is 0 Å². The lowest BCUT2D eigenvalue weighted by Crippen LogP contribution is -2.35. The van der Waals surface area contributed by atoms with Crippen LogP contribution in [0.15, 0.2) is 0 Å². The van der Waals surface area contributed by atoms with E-state index >= 15 is 0 Å². The number of ether oxygens (including phenoxy) is 2. The first-order valence-corrected chi connectivity index (χ1v) is 6.31. The second kappa shape index (κ2) is 11.4. The highest BCUT2D eigenvalue weighted by molar-refractivity contribution is 5.76. The zero-order valence-electron chi connectivity index (χ0n) is 11.6. The lowest BCUT2D eigenvalue weighted by atomic mass is 10.3. The second-order valence-corrected chi connectivity index (χ2v) is 4.40. The Balaban J connectivity index is 3.34. The average Bonchev–Trinajstić information content (AvgIpc) is 2.29. The van der Waals surface area contributed by atoms with E-state index in [0.29, 0.717) is 32.7 Å². The maximum Gasteiger partial charge on any atom is 0.221 e. The SMILES string of the molecule is COCCOCC(O)CNCCC(=O)NC(C)C. The average molecular weight is 262 g/mol. The molecule has 0 aliphatic heterocycles. The van der Waals surface area contributed by atoms with E-state index < -0.39 is 6.10 Å². The Bertz CT molecular complexity index is 212. The van der Waals surface area contributed by atoms with Gasteiger partial charge in [0.1, 0.15) is 0 Å². The third kappa shape index (κ3) is 11.8. The van der Waals surface area contributed by atoms with Gasteiger partial charge in [-0.05, 0) is 13.8 Å². The van der Waals surface area contributed by atoms with Gasteiger partial charge in [0.2, 0.25) is 5.91 Å². The van der Waals surface area contributed by atoms with Gasteiger partial charge < -0.3 is 25.2 Å². The van der Waals surface area contributed by atoms with Crippen LogP contribution >= 0.6 is 0 Å². The van der Waals surface area contributed by atoms with Crippen molar-refractivity contribution in [3.05, 3.63) is 0 Å². The van der Waals surface area contributed by atoms with Gasteiger partial charge in [-0.15, -0.1) is 0 Å². The molecule has 0 heterocycles. The molecule has 0 aromatic carbocycles. The molecule has 0 fully saturated rings. The molecule has 1 amide bonds. The molecule has 6 heteroatoms. The van der Waals surface area contributed by atoms with Crippen molar-refractivity contribution in [2.24, 2.45) is 0 Å². The van der Waals surface area contributed by atoms with Crippen molar-refractivity contribution in [3.8, 4) is 0 Å². The summed E-state index contributed by atoms with van der Waals surface area (Å²) in [6.07, 6.45) is -0.148. The van der Waals surface area contributed by atoms with E-state index in [1.54, 1.807) is 7.11 Å². The van der Waals surface area contributed by atoms with Crippen LogP contribution in [0.4, 0.5) is 0 Å². The van der Waals surface area contributed by atoms with Gasteiger partial charge in [0, 0.05) is 32.7 Å². The number of carbonyl (C=O) groups is 1. The number of aliphatic hydroxyl groups excluding tert-OH is 1. The van der Waals surface area contributed by atoms with E-state index in [1.165, 1.54) is 0 Å². The Morgan fingerprint density at radius 1 is 1.33 bits per heavy atom. The van der Waals surface area contributed by atoms with Gasteiger partial charge in [-0.3, -0.25) is 4.79 Å². The number of rotatable bonds is 11. The molecule has 0 aliphatic carbocycles. The molecule has 1 atom stereocenters. The number of nitrogens with one attached hydrogen (secondary N) is 2. The zero-order valence-corrected chi connectivity index (χ0v) is 11.6. The largest absolute Gasteiger partial charge is 0.389 e. The summed E-state index contributed by atoms with van der Waals surface area (Å²) in [6, 6.07) is 0.164. The van der Waals surface area contributed by atoms with E-state index in [0.717, 1.165) is 0 Å². The third-order valence-electron chi connectivity index (χ3n) is 2.10. The minimum Gasteiger partial charge on any atom is -0.389 e. The van der Waals surface area contributed by atoms with Gasteiger partial charge >= 0.3 is 0 Å². The fourth-order valence-electron chi connectivity index (χ4n) is 1.29. The van der Waals surface area contributed by atoms with Crippen molar-refractivity contribution in [2.75, 3.05) is 40.0 Å². The van der Waals surface area contributed by atoms with Crippen LogP contribution in [0.2, 0.25) is 0 Å². The maximum absolute atomic E-state index is 11.3. The van der Waals surface area contributed by atoms with Crippen molar-refractivity contribution >= 4 is 5.91 Å². The molecular weight excluding hydrogens is 236 g/mol. The van der Waals surface area contributed by atoms with Crippen molar-refractivity contribution in [3.63, 3.8) is 0 Å². The van der Waals surface area contributed by atoms with E-state index in [-0.39, 0.29) is 18.6 Å². The van der Waals surface area contributed by atoms with Gasteiger partial charge in [0.25, 0.3) is 0 Å². The van der Waals surface area contributed by atoms with Crippen LogP contribution in [0, 0.1) is 0 Å². The monoisotopic (exact) mass is 262 g/mol. The van der Waals surface area contributed by atoms with E-state index in [1.807, 2.05) is 13.8 Å². The van der Waals surface area contributed by atoms with Crippen LogP contribution in [0.25, 0.3) is 0 Å².